The van der Waals surface area contributed by atoms with Crippen LogP contribution in [0, 0.1) is 0 Å². The topological polar surface area (TPSA) is 59.3 Å². The molecule has 3 aromatic rings. The van der Waals surface area contributed by atoms with E-state index >= 15 is 0 Å². The highest BCUT2D eigenvalue weighted by Gasteiger charge is 2.15. The summed E-state index contributed by atoms with van der Waals surface area (Å²) in [6.07, 6.45) is 1.55. The molecule has 0 saturated heterocycles. The fraction of sp³-hybridized carbons (Fsp3) is 0. The number of nitrogens with zero attached hydrogens (tertiary/aromatic N) is 3. The first kappa shape index (κ1) is 12.4. The molecule has 0 aliphatic carbocycles. The second-order valence-corrected chi connectivity index (χ2v) is 5.27. The number of fused-ring (bicyclic) bond motifs is 1. The van der Waals surface area contributed by atoms with Crippen molar-refractivity contribution in [3.8, 4) is 0 Å². The number of carbonyl (C=O) groups excluding carboxylic acids is 1. The van der Waals surface area contributed by atoms with E-state index in [2.05, 4.69) is 15.4 Å². The number of nitrogens with one attached hydrogen (secondary N) is 1. The summed E-state index contributed by atoms with van der Waals surface area (Å²) in [6, 6.07) is 5.00. The number of aromatic nitrogens is 3. The van der Waals surface area contributed by atoms with Gasteiger partial charge in [0.25, 0.3) is 5.91 Å². The van der Waals surface area contributed by atoms with Crippen LogP contribution < -0.4 is 5.32 Å². The second kappa shape index (κ2) is 4.80. The number of hydrogen-bond acceptors (Lipinski definition) is 4. The number of amides is 1. The molecule has 0 aliphatic heterocycles. The van der Waals surface area contributed by atoms with Gasteiger partial charge in [0.1, 0.15) is 11.2 Å². The molecule has 3 rings (SSSR count). The number of rotatable bonds is 2. The van der Waals surface area contributed by atoms with Gasteiger partial charge in [-0.2, -0.15) is 5.10 Å². The van der Waals surface area contributed by atoms with Crippen LogP contribution in [0.3, 0.4) is 0 Å². The van der Waals surface area contributed by atoms with E-state index < -0.39 is 0 Å². The Morgan fingerprint density at radius 1 is 1.32 bits per heavy atom. The molecule has 96 valence electrons. The monoisotopic (exact) mass is 312 g/mol. The van der Waals surface area contributed by atoms with Crippen LogP contribution in [0.5, 0.6) is 0 Å². The third-order valence-electron chi connectivity index (χ3n) is 2.42. The zero-order chi connectivity index (χ0) is 13.4. The van der Waals surface area contributed by atoms with Crippen LogP contribution in [-0.4, -0.2) is 20.5 Å². The molecule has 0 fully saturated rings. The van der Waals surface area contributed by atoms with Crippen LogP contribution in [0.4, 0.5) is 5.69 Å². The molecule has 0 bridgehead atoms. The van der Waals surface area contributed by atoms with Gasteiger partial charge in [0.2, 0.25) is 4.96 Å². The SMILES string of the molecule is O=C(Nc1c(Cl)cccc1Cl)c1cn2ncsc2n1. The van der Waals surface area contributed by atoms with Crippen molar-refractivity contribution in [3.63, 3.8) is 0 Å². The van der Waals surface area contributed by atoms with E-state index in [1.807, 2.05) is 0 Å². The number of halogens is 2. The molecule has 0 saturated carbocycles. The van der Waals surface area contributed by atoms with Gasteiger partial charge >= 0.3 is 0 Å². The highest BCUT2D eigenvalue weighted by atomic mass is 35.5. The van der Waals surface area contributed by atoms with E-state index in [0.29, 0.717) is 20.7 Å². The summed E-state index contributed by atoms with van der Waals surface area (Å²) in [6.45, 7) is 0. The molecule has 0 radical (unpaired) electrons. The van der Waals surface area contributed by atoms with Crippen molar-refractivity contribution in [1.82, 2.24) is 14.6 Å². The van der Waals surface area contributed by atoms with Gasteiger partial charge in [-0.3, -0.25) is 4.79 Å². The van der Waals surface area contributed by atoms with Crippen molar-refractivity contribution in [3.05, 3.63) is 45.6 Å². The Labute approximate surface area is 121 Å². The third kappa shape index (κ3) is 2.30. The molecule has 1 aromatic carbocycles. The van der Waals surface area contributed by atoms with E-state index in [1.54, 1.807) is 29.9 Å². The van der Waals surface area contributed by atoms with Gasteiger partial charge in [0, 0.05) is 0 Å². The van der Waals surface area contributed by atoms with Gasteiger partial charge in [-0.15, -0.1) is 0 Å². The lowest BCUT2D eigenvalue weighted by atomic mass is 10.3. The van der Waals surface area contributed by atoms with Crippen molar-refractivity contribution < 1.29 is 4.79 Å². The number of para-hydroxylation sites is 1. The second-order valence-electron chi connectivity index (χ2n) is 3.64. The Kier molecular flexibility index (Phi) is 3.14. The van der Waals surface area contributed by atoms with Gasteiger partial charge in [0.15, 0.2) is 0 Å². The van der Waals surface area contributed by atoms with Crippen molar-refractivity contribution in [2.24, 2.45) is 0 Å². The van der Waals surface area contributed by atoms with Crippen LogP contribution in [-0.2, 0) is 0 Å². The number of carbonyl (C=O) groups is 1. The Morgan fingerprint density at radius 3 is 2.74 bits per heavy atom. The maximum atomic E-state index is 12.1. The van der Waals surface area contributed by atoms with Crippen LogP contribution in [0.1, 0.15) is 10.5 Å². The smallest absolute Gasteiger partial charge is 0.276 e. The first-order chi connectivity index (χ1) is 9.15. The molecule has 19 heavy (non-hydrogen) atoms. The van der Waals surface area contributed by atoms with Crippen molar-refractivity contribution >= 4 is 51.1 Å². The molecule has 1 amide bonds. The zero-order valence-electron chi connectivity index (χ0n) is 9.30. The Bertz CT molecular complexity index is 718. The highest BCUT2D eigenvalue weighted by molar-refractivity contribution is 7.14. The van der Waals surface area contributed by atoms with E-state index in [-0.39, 0.29) is 11.6 Å². The molecular formula is C11H6Cl2N4OS. The normalized spacial score (nSPS) is 10.8. The quantitative estimate of drug-likeness (QED) is 0.789. The molecule has 5 nitrogen and oxygen atoms in total. The average molecular weight is 313 g/mol. The molecule has 2 aromatic heterocycles. The van der Waals surface area contributed by atoms with Crippen LogP contribution >= 0.6 is 34.5 Å². The Balaban J connectivity index is 1.91. The lowest BCUT2D eigenvalue weighted by molar-refractivity contribution is 0.102. The lowest BCUT2D eigenvalue weighted by Crippen LogP contribution is -2.13. The summed E-state index contributed by atoms with van der Waals surface area (Å²) in [5.74, 6) is -0.382. The van der Waals surface area contributed by atoms with Gasteiger partial charge < -0.3 is 5.32 Å². The fourth-order valence-electron chi connectivity index (χ4n) is 1.54. The molecular weight excluding hydrogens is 307 g/mol. The van der Waals surface area contributed by atoms with Gasteiger partial charge in [0.05, 0.1) is 21.9 Å². The molecule has 0 atom stereocenters. The van der Waals surface area contributed by atoms with Crippen molar-refractivity contribution in [2.45, 2.75) is 0 Å². The molecule has 2 heterocycles. The number of imidazole rings is 1. The zero-order valence-corrected chi connectivity index (χ0v) is 11.6. The summed E-state index contributed by atoms with van der Waals surface area (Å²) in [5.41, 5.74) is 2.28. The minimum absolute atomic E-state index is 0.260. The first-order valence-corrected chi connectivity index (χ1v) is 6.83. The van der Waals surface area contributed by atoms with E-state index in [0.717, 1.165) is 0 Å². The van der Waals surface area contributed by atoms with Gasteiger partial charge in [-0.05, 0) is 12.1 Å². The third-order valence-corrected chi connectivity index (χ3v) is 3.74. The Morgan fingerprint density at radius 2 is 2.05 bits per heavy atom. The van der Waals surface area contributed by atoms with Gasteiger partial charge in [-0.1, -0.05) is 40.6 Å². The minimum atomic E-state index is -0.382. The molecule has 8 heteroatoms. The molecule has 1 N–H and O–H groups in total. The predicted octanol–water partition coefficient (Wildman–Crippen LogP) is 3.35. The van der Waals surface area contributed by atoms with Gasteiger partial charge in [-0.25, -0.2) is 9.50 Å². The fourth-order valence-corrected chi connectivity index (χ4v) is 2.64. The van der Waals surface area contributed by atoms with Crippen molar-refractivity contribution in [1.29, 1.82) is 0 Å². The number of hydrogen-bond donors (Lipinski definition) is 1. The first-order valence-electron chi connectivity index (χ1n) is 5.19. The van der Waals surface area contributed by atoms with E-state index in [4.69, 9.17) is 23.2 Å². The van der Waals surface area contributed by atoms with Crippen LogP contribution in [0.15, 0.2) is 29.9 Å². The number of benzene rings is 1. The van der Waals surface area contributed by atoms with E-state index in [1.165, 1.54) is 15.9 Å². The largest absolute Gasteiger partial charge is 0.318 e. The standard InChI is InChI=1S/C11H6Cl2N4OS/c12-6-2-1-3-7(13)9(6)16-10(18)8-4-17-11(15-8)19-5-14-17/h1-5H,(H,16,18). The average Bonchev–Trinajstić information content (AvgIpc) is 2.94. The summed E-state index contributed by atoms with van der Waals surface area (Å²) < 4.78 is 1.54. The summed E-state index contributed by atoms with van der Waals surface area (Å²) in [7, 11) is 0. The summed E-state index contributed by atoms with van der Waals surface area (Å²) in [5, 5.41) is 7.40. The Hall–Kier alpha value is -1.63. The van der Waals surface area contributed by atoms with Crippen LogP contribution in [0.2, 0.25) is 10.0 Å². The summed E-state index contributed by atoms with van der Waals surface area (Å²) in [4.78, 5) is 16.9. The number of anilines is 1. The maximum absolute atomic E-state index is 12.1. The predicted molar refractivity (Wildman–Crippen MR) is 75.3 cm³/mol. The van der Waals surface area contributed by atoms with E-state index in [9.17, 15) is 4.79 Å². The summed E-state index contributed by atoms with van der Waals surface area (Å²) >= 11 is 13.3. The molecule has 0 aliphatic rings. The molecule has 0 unspecified atom stereocenters. The highest BCUT2D eigenvalue weighted by Crippen LogP contribution is 2.30. The van der Waals surface area contributed by atoms with Crippen molar-refractivity contribution in [2.75, 3.05) is 5.32 Å². The van der Waals surface area contributed by atoms with Crippen LogP contribution in [0.25, 0.3) is 4.96 Å². The minimum Gasteiger partial charge on any atom is -0.318 e. The lowest BCUT2D eigenvalue weighted by Gasteiger charge is -2.07. The maximum Gasteiger partial charge on any atom is 0.276 e. The molecule has 0 spiro atoms.